The molecule has 0 aromatic heterocycles. The van der Waals surface area contributed by atoms with E-state index in [-0.39, 0.29) is 0 Å². The van der Waals surface area contributed by atoms with Crippen molar-refractivity contribution in [2.45, 2.75) is 98.3 Å². The first-order valence-electron chi connectivity index (χ1n) is 11.1. The van der Waals surface area contributed by atoms with Crippen LogP contribution in [0.15, 0.2) is 12.2 Å². The van der Waals surface area contributed by atoms with E-state index < -0.39 is 0 Å². The van der Waals surface area contributed by atoms with Gasteiger partial charge < -0.3 is 0 Å². The molecule has 0 aromatic carbocycles. The van der Waals surface area contributed by atoms with Gasteiger partial charge in [-0.2, -0.15) is 0 Å². The van der Waals surface area contributed by atoms with Crippen LogP contribution in [0.2, 0.25) is 0 Å². The van der Waals surface area contributed by atoms with E-state index in [2.05, 4.69) is 34.3 Å². The van der Waals surface area contributed by atoms with Crippen LogP contribution in [0.4, 0.5) is 0 Å². The molecule has 0 saturated heterocycles. The van der Waals surface area contributed by atoms with Gasteiger partial charge in [0.2, 0.25) is 0 Å². The molecule has 3 fully saturated rings. The Morgan fingerprint density at radius 1 is 1.04 bits per heavy atom. The van der Waals surface area contributed by atoms with Gasteiger partial charge in [-0.15, -0.1) is 6.58 Å². The third-order valence-corrected chi connectivity index (χ3v) is 8.71. The Labute approximate surface area is 151 Å². The molecule has 0 nitrogen and oxygen atoms in total. The van der Waals surface area contributed by atoms with Crippen LogP contribution in [0.25, 0.3) is 0 Å². The van der Waals surface area contributed by atoms with Crippen molar-refractivity contribution in [2.75, 3.05) is 0 Å². The minimum Gasteiger partial charge on any atom is -0.100 e. The standard InChI is InChI=1S/C24H42/c1-17(2)11-12-19(4)22-13-14-23-21-10-8-6-7-9-18(3)20(21)15-16-24(22,23)5/h18-23H,1,6-16H2,2-5H3. The number of allylic oxidation sites excluding steroid dienone is 1. The van der Waals surface area contributed by atoms with Gasteiger partial charge in [0.1, 0.15) is 0 Å². The van der Waals surface area contributed by atoms with Gasteiger partial charge in [-0.05, 0) is 92.8 Å². The van der Waals surface area contributed by atoms with Crippen LogP contribution in [-0.2, 0) is 0 Å². The van der Waals surface area contributed by atoms with Gasteiger partial charge in [0.05, 0.1) is 0 Å². The quantitative estimate of drug-likeness (QED) is 0.465. The molecule has 3 aliphatic carbocycles. The Morgan fingerprint density at radius 3 is 2.54 bits per heavy atom. The average molecular weight is 331 g/mol. The Balaban J connectivity index is 1.74. The van der Waals surface area contributed by atoms with Crippen molar-refractivity contribution in [3.63, 3.8) is 0 Å². The van der Waals surface area contributed by atoms with E-state index in [1.807, 2.05) is 0 Å². The first-order valence-corrected chi connectivity index (χ1v) is 11.1. The van der Waals surface area contributed by atoms with E-state index in [9.17, 15) is 0 Å². The predicted molar refractivity (Wildman–Crippen MR) is 106 cm³/mol. The van der Waals surface area contributed by atoms with Crippen molar-refractivity contribution in [3.8, 4) is 0 Å². The highest BCUT2D eigenvalue weighted by atomic mass is 14.6. The average Bonchev–Trinajstić information content (AvgIpc) is 2.87. The molecular formula is C24H42. The van der Waals surface area contributed by atoms with Crippen LogP contribution in [0, 0.1) is 40.9 Å². The number of rotatable bonds is 4. The second-order valence-corrected chi connectivity index (χ2v) is 10.3. The maximum absolute atomic E-state index is 4.13. The summed E-state index contributed by atoms with van der Waals surface area (Å²) in [5, 5.41) is 0. The van der Waals surface area contributed by atoms with Crippen molar-refractivity contribution in [2.24, 2.45) is 40.9 Å². The summed E-state index contributed by atoms with van der Waals surface area (Å²) in [5.41, 5.74) is 2.02. The van der Waals surface area contributed by atoms with Crippen molar-refractivity contribution in [3.05, 3.63) is 12.2 Å². The van der Waals surface area contributed by atoms with E-state index >= 15 is 0 Å². The van der Waals surface area contributed by atoms with Gasteiger partial charge >= 0.3 is 0 Å². The molecule has 0 bridgehead atoms. The summed E-state index contributed by atoms with van der Waals surface area (Å²) in [5.74, 6) is 5.99. The van der Waals surface area contributed by atoms with Crippen LogP contribution < -0.4 is 0 Å². The van der Waals surface area contributed by atoms with E-state index in [0.29, 0.717) is 5.41 Å². The van der Waals surface area contributed by atoms with Crippen LogP contribution in [0.3, 0.4) is 0 Å². The zero-order chi connectivity index (χ0) is 17.3. The van der Waals surface area contributed by atoms with Gasteiger partial charge in [0.25, 0.3) is 0 Å². The molecule has 3 aliphatic rings. The lowest BCUT2D eigenvalue weighted by molar-refractivity contribution is -0.0291. The minimum atomic E-state index is 0.647. The normalized spacial score (nSPS) is 44.1. The van der Waals surface area contributed by atoms with Crippen molar-refractivity contribution in [1.29, 1.82) is 0 Å². The number of hydrogen-bond donors (Lipinski definition) is 0. The highest BCUT2D eigenvalue weighted by molar-refractivity contribution is 5.04. The van der Waals surface area contributed by atoms with Crippen molar-refractivity contribution in [1.82, 2.24) is 0 Å². The third kappa shape index (κ3) is 3.49. The molecule has 0 N–H and O–H groups in total. The topological polar surface area (TPSA) is 0 Å². The van der Waals surface area contributed by atoms with Crippen LogP contribution in [0.1, 0.15) is 98.3 Å². The highest BCUT2D eigenvalue weighted by Crippen LogP contribution is 2.63. The van der Waals surface area contributed by atoms with Crippen molar-refractivity contribution >= 4 is 0 Å². The fraction of sp³-hybridized carbons (Fsp3) is 0.917. The molecule has 0 aromatic rings. The lowest BCUT2D eigenvalue weighted by Gasteiger charge is -2.52. The van der Waals surface area contributed by atoms with Crippen LogP contribution in [-0.4, -0.2) is 0 Å². The lowest BCUT2D eigenvalue weighted by Crippen LogP contribution is -2.44. The zero-order valence-corrected chi connectivity index (χ0v) is 16.9. The summed E-state index contributed by atoms with van der Waals surface area (Å²) in [6, 6.07) is 0. The fourth-order valence-corrected chi connectivity index (χ4v) is 7.33. The first-order chi connectivity index (χ1) is 11.4. The molecular weight excluding hydrogens is 288 g/mol. The monoisotopic (exact) mass is 330 g/mol. The highest BCUT2D eigenvalue weighted by Gasteiger charge is 2.54. The Bertz CT molecular complexity index is 435. The Morgan fingerprint density at radius 2 is 1.79 bits per heavy atom. The Hall–Kier alpha value is -0.260. The summed E-state index contributed by atoms with van der Waals surface area (Å²) in [6.45, 7) is 14.2. The van der Waals surface area contributed by atoms with Gasteiger partial charge in [-0.1, -0.05) is 52.0 Å². The fourth-order valence-electron chi connectivity index (χ4n) is 7.33. The first kappa shape index (κ1) is 18.5. The van der Waals surface area contributed by atoms with Gasteiger partial charge in [-0.3, -0.25) is 0 Å². The summed E-state index contributed by atoms with van der Waals surface area (Å²) >= 11 is 0. The SMILES string of the molecule is C=C(C)CCC(C)C1CCC2C3CCCCCC(C)C3CCC12C. The molecule has 0 spiro atoms. The molecule has 7 unspecified atom stereocenters. The van der Waals surface area contributed by atoms with Gasteiger partial charge in [0.15, 0.2) is 0 Å². The number of hydrogen-bond acceptors (Lipinski definition) is 0. The molecule has 138 valence electrons. The van der Waals surface area contributed by atoms with Gasteiger partial charge in [-0.25, -0.2) is 0 Å². The summed E-state index contributed by atoms with van der Waals surface area (Å²) < 4.78 is 0. The largest absolute Gasteiger partial charge is 0.100 e. The van der Waals surface area contributed by atoms with E-state index in [1.54, 1.807) is 6.42 Å². The molecule has 0 heterocycles. The molecule has 3 saturated carbocycles. The van der Waals surface area contributed by atoms with Crippen LogP contribution in [0.5, 0.6) is 0 Å². The maximum Gasteiger partial charge on any atom is -0.0264 e. The Kier molecular flexibility index (Phi) is 5.83. The third-order valence-electron chi connectivity index (χ3n) is 8.71. The van der Waals surface area contributed by atoms with Gasteiger partial charge in [0, 0.05) is 0 Å². The zero-order valence-electron chi connectivity index (χ0n) is 16.9. The second-order valence-electron chi connectivity index (χ2n) is 10.3. The lowest BCUT2D eigenvalue weighted by atomic mass is 9.53. The maximum atomic E-state index is 4.13. The summed E-state index contributed by atoms with van der Waals surface area (Å²) in [7, 11) is 0. The van der Waals surface area contributed by atoms with Crippen molar-refractivity contribution < 1.29 is 0 Å². The smallest absolute Gasteiger partial charge is 0.0264 e. The molecule has 3 rings (SSSR count). The summed E-state index contributed by atoms with van der Waals surface area (Å²) in [6.07, 6.45) is 16.2. The molecule has 0 heteroatoms. The molecule has 0 amide bonds. The van der Waals surface area contributed by atoms with E-state index in [1.165, 1.54) is 69.8 Å². The number of fused-ring (bicyclic) bond motifs is 3. The van der Waals surface area contributed by atoms with E-state index in [0.717, 1.165) is 35.5 Å². The summed E-state index contributed by atoms with van der Waals surface area (Å²) in [4.78, 5) is 0. The molecule has 7 atom stereocenters. The molecule has 0 aliphatic heterocycles. The molecule has 0 radical (unpaired) electrons. The minimum absolute atomic E-state index is 0.647. The van der Waals surface area contributed by atoms with E-state index in [4.69, 9.17) is 0 Å². The molecule has 24 heavy (non-hydrogen) atoms. The predicted octanol–water partition coefficient (Wildman–Crippen LogP) is 7.64. The second kappa shape index (κ2) is 7.55. The van der Waals surface area contributed by atoms with Crippen LogP contribution >= 0.6 is 0 Å².